The van der Waals surface area contributed by atoms with E-state index >= 15 is 0 Å². The van der Waals surface area contributed by atoms with Crippen molar-refractivity contribution in [2.24, 2.45) is 13.0 Å². The SMILES string of the molecule is Cc1ccccc1CCN1CCC(CN(Cc2cnn(C)c2)C2CCCC2)CC1. The van der Waals surface area contributed by atoms with Gasteiger partial charge >= 0.3 is 0 Å². The van der Waals surface area contributed by atoms with Gasteiger partial charge < -0.3 is 4.90 Å². The van der Waals surface area contributed by atoms with Crippen LogP contribution in [0.5, 0.6) is 0 Å². The fraction of sp³-hybridized carbons (Fsp3) is 0.640. The molecule has 0 amide bonds. The first-order chi connectivity index (χ1) is 14.2. The molecule has 2 aromatic rings. The number of benzene rings is 1. The van der Waals surface area contributed by atoms with Crippen LogP contribution < -0.4 is 0 Å². The Kier molecular flexibility index (Phi) is 7.04. The number of rotatable bonds is 8. The third-order valence-electron chi connectivity index (χ3n) is 7.14. The maximum atomic E-state index is 4.39. The van der Waals surface area contributed by atoms with Crippen LogP contribution >= 0.6 is 0 Å². The molecular weight excluding hydrogens is 356 g/mol. The monoisotopic (exact) mass is 394 g/mol. The van der Waals surface area contributed by atoms with Gasteiger partial charge in [0.2, 0.25) is 0 Å². The van der Waals surface area contributed by atoms with E-state index in [9.17, 15) is 0 Å². The van der Waals surface area contributed by atoms with E-state index in [1.807, 2.05) is 11.7 Å². The van der Waals surface area contributed by atoms with E-state index in [1.165, 1.54) is 87.8 Å². The van der Waals surface area contributed by atoms with Gasteiger partial charge in [-0.25, -0.2) is 0 Å². The second-order valence-electron chi connectivity index (χ2n) is 9.35. The number of likely N-dealkylation sites (tertiary alicyclic amines) is 1. The number of hydrogen-bond acceptors (Lipinski definition) is 3. The standard InChI is InChI=1S/C25H38N4/c1-21-7-3-4-8-24(21)13-16-28-14-11-22(12-15-28)19-29(25-9-5-6-10-25)20-23-17-26-27(2)18-23/h3-4,7-8,17-18,22,25H,5-6,9-16,19-20H2,1-2H3. The molecule has 158 valence electrons. The average molecular weight is 395 g/mol. The van der Waals surface area contributed by atoms with Gasteiger partial charge in [-0.2, -0.15) is 5.10 Å². The Morgan fingerprint density at radius 1 is 1.07 bits per heavy atom. The molecule has 4 nitrogen and oxygen atoms in total. The first-order valence-electron chi connectivity index (χ1n) is 11.7. The maximum Gasteiger partial charge on any atom is 0.0534 e. The van der Waals surface area contributed by atoms with Crippen molar-refractivity contribution < 1.29 is 0 Å². The number of nitrogens with zero attached hydrogens (tertiary/aromatic N) is 4. The zero-order valence-electron chi connectivity index (χ0n) is 18.4. The second-order valence-corrected chi connectivity index (χ2v) is 9.35. The molecule has 0 N–H and O–H groups in total. The van der Waals surface area contributed by atoms with Crippen molar-refractivity contribution in [1.29, 1.82) is 0 Å². The number of aromatic nitrogens is 2. The lowest BCUT2D eigenvalue weighted by Gasteiger charge is -2.37. The van der Waals surface area contributed by atoms with Crippen molar-refractivity contribution >= 4 is 0 Å². The summed E-state index contributed by atoms with van der Waals surface area (Å²) in [5.74, 6) is 0.849. The molecule has 0 radical (unpaired) electrons. The molecular formula is C25H38N4. The van der Waals surface area contributed by atoms with E-state index < -0.39 is 0 Å². The smallest absolute Gasteiger partial charge is 0.0534 e. The zero-order chi connectivity index (χ0) is 20.1. The van der Waals surface area contributed by atoms with E-state index in [4.69, 9.17) is 0 Å². The molecule has 1 saturated carbocycles. The van der Waals surface area contributed by atoms with Crippen LogP contribution in [0.25, 0.3) is 0 Å². The molecule has 1 aromatic heterocycles. The summed E-state index contributed by atoms with van der Waals surface area (Å²) in [6.07, 6.45) is 13.7. The van der Waals surface area contributed by atoms with Crippen LogP contribution in [-0.4, -0.2) is 51.8 Å². The van der Waals surface area contributed by atoms with Crippen LogP contribution in [0, 0.1) is 12.8 Å². The molecule has 2 heterocycles. The Balaban J connectivity index is 1.26. The van der Waals surface area contributed by atoms with Crippen LogP contribution in [0.4, 0.5) is 0 Å². The molecule has 2 aliphatic rings. The molecule has 1 aliphatic heterocycles. The maximum absolute atomic E-state index is 4.39. The summed E-state index contributed by atoms with van der Waals surface area (Å²) in [5, 5.41) is 4.39. The minimum Gasteiger partial charge on any atom is -0.303 e. The first-order valence-corrected chi connectivity index (χ1v) is 11.7. The van der Waals surface area contributed by atoms with Crippen LogP contribution in [0.1, 0.15) is 55.2 Å². The Morgan fingerprint density at radius 2 is 1.83 bits per heavy atom. The highest BCUT2D eigenvalue weighted by Gasteiger charge is 2.27. The Hall–Kier alpha value is -1.65. The van der Waals surface area contributed by atoms with Gasteiger partial charge in [-0.3, -0.25) is 9.58 Å². The van der Waals surface area contributed by atoms with E-state index in [-0.39, 0.29) is 0 Å². The quantitative estimate of drug-likeness (QED) is 0.662. The van der Waals surface area contributed by atoms with Crippen LogP contribution in [0.15, 0.2) is 36.7 Å². The summed E-state index contributed by atoms with van der Waals surface area (Å²) in [7, 11) is 2.02. The van der Waals surface area contributed by atoms with Gasteiger partial charge in [0.15, 0.2) is 0 Å². The third kappa shape index (κ3) is 5.70. The lowest BCUT2D eigenvalue weighted by Crippen LogP contribution is -2.42. The Labute approximate surface area is 176 Å². The van der Waals surface area contributed by atoms with E-state index in [2.05, 4.69) is 58.5 Å². The first kappa shape index (κ1) is 20.6. The van der Waals surface area contributed by atoms with Gasteiger partial charge in [0.05, 0.1) is 6.20 Å². The fourth-order valence-electron chi connectivity index (χ4n) is 5.29. The molecule has 0 atom stereocenters. The summed E-state index contributed by atoms with van der Waals surface area (Å²) >= 11 is 0. The van der Waals surface area contributed by atoms with Gasteiger partial charge in [0.25, 0.3) is 0 Å². The van der Waals surface area contributed by atoms with Crippen LogP contribution in [0.3, 0.4) is 0 Å². The van der Waals surface area contributed by atoms with E-state index in [1.54, 1.807) is 0 Å². The Bertz CT molecular complexity index is 754. The predicted molar refractivity (Wildman–Crippen MR) is 120 cm³/mol. The molecule has 29 heavy (non-hydrogen) atoms. The lowest BCUT2D eigenvalue weighted by molar-refractivity contribution is 0.113. The lowest BCUT2D eigenvalue weighted by atomic mass is 9.94. The third-order valence-corrected chi connectivity index (χ3v) is 7.14. The molecule has 0 spiro atoms. The van der Waals surface area contributed by atoms with Crippen molar-refractivity contribution in [1.82, 2.24) is 19.6 Å². The number of aryl methyl sites for hydroxylation is 2. The van der Waals surface area contributed by atoms with Gasteiger partial charge in [0.1, 0.15) is 0 Å². The van der Waals surface area contributed by atoms with Gasteiger partial charge in [-0.1, -0.05) is 37.1 Å². The topological polar surface area (TPSA) is 24.3 Å². The zero-order valence-corrected chi connectivity index (χ0v) is 18.4. The van der Waals surface area contributed by atoms with E-state index in [0.29, 0.717) is 0 Å². The molecule has 1 aromatic carbocycles. The summed E-state index contributed by atoms with van der Waals surface area (Å²) < 4.78 is 1.94. The largest absolute Gasteiger partial charge is 0.303 e. The average Bonchev–Trinajstić information content (AvgIpc) is 3.40. The minimum absolute atomic E-state index is 0.786. The van der Waals surface area contributed by atoms with Crippen LogP contribution in [0.2, 0.25) is 0 Å². The molecule has 0 unspecified atom stereocenters. The number of hydrogen-bond donors (Lipinski definition) is 0. The molecule has 1 aliphatic carbocycles. The van der Waals surface area contributed by atoms with Gasteiger partial charge in [-0.15, -0.1) is 0 Å². The number of piperidine rings is 1. The highest BCUT2D eigenvalue weighted by Crippen LogP contribution is 2.28. The van der Waals surface area contributed by atoms with E-state index in [0.717, 1.165) is 18.5 Å². The highest BCUT2D eigenvalue weighted by atomic mass is 15.2. The van der Waals surface area contributed by atoms with Crippen molar-refractivity contribution in [2.45, 2.75) is 64.5 Å². The van der Waals surface area contributed by atoms with Crippen molar-refractivity contribution in [3.05, 3.63) is 53.3 Å². The highest BCUT2D eigenvalue weighted by molar-refractivity contribution is 5.25. The second kappa shape index (κ2) is 9.90. The predicted octanol–water partition coefficient (Wildman–Crippen LogP) is 4.43. The summed E-state index contributed by atoms with van der Waals surface area (Å²) in [6.45, 7) is 8.32. The summed E-state index contributed by atoms with van der Waals surface area (Å²) in [6, 6.07) is 9.64. The fourth-order valence-corrected chi connectivity index (χ4v) is 5.29. The van der Waals surface area contributed by atoms with Crippen molar-refractivity contribution in [3.8, 4) is 0 Å². The summed E-state index contributed by atoms with van der Waals surface area (Å²) in [5.41, 5.74) is 4.32. The molecule has 1 saturated heterocycles. The van der Waals surface area contributed by atoms with Crippen molar-refractivity contribution in [2.75, 3.05) is 26.2 Å². The molecule has 0 bridgehead atoms. The molecule has 4 heteroatoms. The van der Waals surface area contributed by atoms with Crippen molar-refractivity contribution in [3.63, 3.8) is 0 Å². The van der Waals surface area contributed by atoms with Gasteiger partial charge in [-0.05, 0) is 69.2 Å². The normalized spacial score (nSPS) is 19.4. The molecule has 2 fully saturated rings. The Morgan fingerprint density at radius 3 is 2.52 bits per heavy atom. The van der Waals surface area contributed by atoms with Crippen LogP contribution in [-0.2, 0) is 20.0 Å². The summed E-state index contributed by atoms with van der Waals surface area (Å²) in [4.78, 5) is 5.47. The van der Waals surface area contributed by atoms with Gasteiger partial charge in [0, 0.05) is 44.5 Å². The molecule has 4 rings (SSSR count). The minimum atomic E-state index is 0.786.